The molecule has 0 radical (unpaired) electrons. The van der Waals surface area contributed by atoms with Crippen LogP contribution in [-0.2, 0) is 0 Å². The van der Waals surface area contributed by atoms with Gasteiger partial charge in [-0.1, -0.05) is 0 Å². The molecule has 48 valence electrons. The molecule has 0 spiro atoms. The van der Waals surface area contributed by atoms with Crippen LogP contribution in [0.2, 0.25) is 4.24 Å². The standard InChI is InChI=1S/C3H6N6/c4-1-7-2(5)9-3(6)8-1/h(H6,4,5,6,7,8,9)/i/hD3. The monoisotopic (exact) mass is 129 g/mol. The molecule has 0 saturated heterocycles. The van der Waals surface area contributed by atoms with Crippen LogP contribution in [0.25, 0.3) is 0 Å². The van der Waals surface area contributed by atoms with Crippen LogP contribution in [0, 0.1) is 0 Å². The Hall–Kier alpha value is -1.59. The van der Waals surface area contributed by atoms with Crippen molar-refractivity contribution in [3.05, 3.63) is 0 Å². The van der Waals surface area contributed by atoms with Gasteiger partial charge in [-0.05, 0) is 0 Å². The van der Waals surface area contributed by atoms with E-state index in [0.29, 0.717) is 0 Å². The third-order valence-electron chi connectivity index (χ3n) is 0.641. The van der Waals surface area contributed by atoms with E-state index in [0.717, 1.165) is 0 Å². The summed E-state index contributed by atoms with van der Waals surface area (Å²) in [5, 5.41) is 0. The van der Waals surface area contributed by atoms with Crippen molar-refractivity contribution in [2.24, 2.45) is 0 Å². The third-order valence-corrected chi connectivity index (χ3v) is 0.641. The largest absolute Gasteiger partial charge is 0.368 e. The molecule has 0 aliphatic heterocycles. The molecular formula is C3H6N6. The van der Waals surface area contributed by atoms with E-state index in [4.69, 9.17) is 9.97 Å². The lowest BCUT2D eigenvalue weighted by molar-refractivity contribution is 1.09. The first-order chi connectivity index (χ1) is 5.63. The summed E-state index contributed by atoms with van der Waals surface area (Å²) < 4.78 is 20.3. The van der Waals surface area contributed by atoms with Crippen molar-refractivity contribution < 1.29 is 4.24 Å². The van der Waals surface area contributed by atoms with Crippen molar-refractivity contribution >= 4 is 17.8 Å². The van der Waals surface area contributed by atoms with Crippen molar-refractivity contribution in [2.75, 3.05) is 17.2 Å². The number of aromatic nitrogens is 3. The van der Waals surface area contributed by atoms with Crippen LogP contribution in [0.3, 0.4) is 0 Å². The zero-order chi connectivity index (χ0) is 9.14. The van der Waals surface area contributed by atoms with Crippen LogP contribution in [0.1, 0.15) is 0 Å². The number of rotatable bonds is 2. The molecule has 0 aliphatic carbocycles. The van der Waals surface area contributed by atoms with Crippen molar-refractivity contribution in [1.82, 2.24) is 15.0 Å². The van der Waals surface area contributed by atoms with Gasteiger partial charge in [-0.3, -0.25) is 0 Å². The molecular weight excluding hydrogens is 120 g/mol. The lowest BCUT2D eigenvalue weighted by Gasteiger charge is -1.93. The molecule has 6 N–H and O–H groups in total. The number of hydrogen-bond acceptors (Lipinski definition) is 6. The third kappa shape index (κ3) is 1.15. The molecule has 0 saturated carbocycles. The molecule has 1 heterocycles. The quantitative estimate of drug-likeness (QED) is 0.453. The van der Waals surface area contributed by atoms with Gasteiger partial charge in [0.2, 0.25) is 17.8 Å². The summed E-state index contributed by atoms with van der Waals surface area (Å²) in [5.74, 6) is -0.474. The van der Waals surface area contributed by atoms with Crippen LogP contribution in [0.5, 0.6) is 0 Å². The smallest absolute Gasteiger partial charge is 0.226 e. The fraction of sp³-hybridized carbons (Fsp3) is 0. The molecule has 0 fully saturated rings. The average molecular weight is 129 g/mol. The fourth-order valence-corrected chi connectivity index (χ4v) is 0.381. The Kier molecular flexibility index (Phi) is 0.540. The van der Waals surface area contributed by atoms with Gasteiger partial charge in [-0.2, -0.15) is 15.0 Å². The van der Waals surface area contributed by atoms with Crippen LogP contribution in [0.15, 0.2) is 0 Å². The van der Waals surface area contributed by atoms with Crippen molar-refractivity contribution in [3.8, 4) is 0 Å². The minimum atomic E-state index is -0.239. The lowest BCUT2D eigenvalue weighted by atomic mass is 10.9. The molecule has 0 aromatic carbocycles. The topological polar surface area (TPSA) is 117 Å². The number of nitrogen functional groups attached to an aromatic ring is 3. The van der Waals surface area contributed by atoms with E-state index in [1.165, 1.54) is 0 Å². The van der Waals surface area contributed by atoms with E-state index in [9.17, 15) is 0 Å². The van der Waals surface area contributed by atoms with Crippen molar-refractivity contribution in [1.29, 1.82) is 0 Å². The van der Waals surface area contributed by atoms with E-state index in [1.807, 2.05) is 5.73 Å². The predicted molar refractivity (Wildman–Crippen MR) is 33.1 cm³/mol. The maximum Gasteiger partial charge on any atom is 0.226 e. The summed E-state index contributed by atoms with van der Waals surface area (Å²) in [6, 6.07) is 0. The highest BCUT2D eigenvalue weighted by atomic mass is 15.2. The van der Waals surface area contributed by atoms with E-state index >= 15 is 0 Å². The second kappa shape index (κ2) is 1.73. The van der Waals surface area contributed by atoms with Gasteiger partial charge in [0.25, 0.3) is 0 Å². The normalized spacial score (nSPS) is 13.1. The zero-order valence-corrected chi connectivity index (χ0v) is 4.37. The fourth-order valence-electron chi connectivity index (χ4n) is 0.381. The first kappa shape index (κ1) is 2.81. The van der Waals surface area contributed by atoms with Gasteiger partial charge >= 0.3 is 0 Å². The molecule has 0 atom stereocenters. The van der Waals surface area contributed by atoms with Crippen molar-refractivity contribution in [3.63, 3.8) is 0 Å². The number of nitrogens with zero attached hydrogens (tertiary/aromatic N) is 3. The molecule has 0 aliphatic rings. The molecule has 0 unspecified atom stereocenters. The molecule has 1 aromatic rings. The Morgan fingerprint density at radius 3 is 2.44 bits per heavy atom. The molecule has 1 rings (SSSR count). The molecule has 6 heteroatoms. The second-order valence-corrected chi connectivity index (χ2v) is 1.32. The summed E-state index contributed by atoms with van der Waals surface area (Å²) in [6.45, 7) is 0. The van der Waals surface area contributed by atoms with Gasteiger partial charge in [-0.15, -0.1) is 0 Å². The molecule has 0 bridgehead atoms. The van der Waals surface area contributed by atoms with E-state index < -0.39 is 0 Å². The summed E-state index contributed by atoms with van der Waals surface area (Å²) in [6.07, 6.45) is 0. The predicted octanol–water partition coefficient (Wildman–Crippen LogP) is -1.38. The maximum absolute atomic E-state index is 6.79. The van der Waals surface area contributed by atoms with Gasteiger partial charge in [0.15, 0.2) is 4.24 Å². The minimum Gasteiger partial charge on any atom is -0.368 e. The number of nitrogens with two attached hydrogens (primary N) is 3. The highest BCUT2D eigenvalue weighted by Crippen LogP contribution is 1.97. The first-order valence-electron chi connectivity index (χ1n) is 3.50. The van der Waals surface area contributed by atoms with Gasteiger partial charge < -0.3 is 17.2 Å². The van der Waals surface area contributed by atoms with Gasteiger partial charge in [-0.25, -0.2) is 0 Å². The van der Waals surface area contributed by atoms with Gasteiger partial charge in [0, 0.05) is 0 Å². The SMILES string of the molecule is [2H]Nc1nc(N)nc(N([2H])[2H])n1. The van der Waals surface area contributed by atoms with E-state index in [2.05, 4.69) is 15.0 Å². The summed E-state index contributed by atoms with van der Waals surface area (Å²) in [7, 11) is 0. The Morgan fingerprint density at radius 1 is 1.11 bits per heavy atom. The summed E-state index contributed by atoms with van der Waals surface area (Å²) in [4.78, 5) is 10.5. The Morgan fingerprint density at radius 2 is 1.78 bits per heavy atom. The van der Waals surface area contributed by atoms with E-state index in [-0.39, 0.29) is 23.6 Å². The Labute approximate surface area is 55.5 Å². The van der Waals surface area contributed by atoms with E-state index in [1.54, 1.807) is 0 Å². The van der Waals surface area contributed by atoms with Crippen LogP contribution in [-0.4, -0.2) is 15.0 Å². The maximum atomic E-state index is 6.79. The highest BCUT2D eigenvalue weighted by Gasteiger charge is 1.93. The average Bonchev–Trinajstić information content (AvgIpc) is 2.03. The molecule has 6 nitrogen and oxygen atoms in total. The number of anilines is 3. The zero-order valence-electron chi connectivity index (χ0n) is 7.37. The first-order valence-corrected chi connectivity index (χ1v) is 2.10. The number of hydrogen-bond donors (Lipinski definition) is 3. The summed E-state index contributed by atoms with van der Waals surface area (Å²) >= 11 is 0. The molecule has 0 amide bonds. The van der Waals surface area contributed by atoms with Gasteiger partial charge in [0.1, 0.15) is 0 Å². The van der Waals surface area contributed by atoms with Crippen LogP contribution >= 0.6 is 0 Å². The minimum absolute atomic E-state index is 0.0954. The Balaban J connectivity index is 3.06. The second-order valence-electron chi connectivity index (χ2n) is 1.32. The Bertz CT molecular complexity index is 277. The molecule has 9 heavy (non-hydrogen) atoms. The van der Waals surface area contributed by atoms with Crippen LogP contribution in [0.4, 0.5) is 17.8 Å². The molecule has 1 aromatic heterocycles. The van der Waals surface area contributed by atoms with Crippen molar-refractivity contribution in [2.45, 2.75) is 0 Å². The lowest BCUT2D eigenvalue weighted by Crippen LogP contribution is -2.05. The van der Waals surface area contributed by atoms with Crippen LogP contribution < -0.4 is 17.2 Å². The highest BCUT2D eigenvalue weighted by molar-refractivity contribution is 5.33. The summed E-state index contributed by atoms with van der Waals surface area (Å²) in [5.41, 5.74) is 7.25. The van der Waals surface area contributed by atoms with Gasteiger partial charge in [0.05, 0.1) is 0 Å².